The summed E-state index contributed by atoms with van der Waals surface area (Å²) in [5, 5.41) is 2.93. The largest absolute Gasteiger partial charge is 0.354 e. The molecule has 0 heterocycles. The van der Waals surface area contributed by atoms with Gasteiger partial charge in [0.15, 0.2) is 0 Å². The van der Waals surface area contributed by atoms with Gasteiger partial charge in [0.25, 0.3) is 0 Å². The highest BCUT2D eigenvalue weighted by atomic mass is 32.2. The maximum atomic E-state index is 13.8. The number of aryl methyl sites for hydroxylation is 3. The average Bonchev–Trinajstić information content (AvgIpc) is 2.76. The zero-order valence-electron chi connectivity index (χ0n) is 22.0. The summed E-state index contributed by atoms with van der Waals surface area (Å²) in [5.41, 5.74) is 4.13. The zero-order valence-corrected chi connectivity index (χ0v) is 22.8. The van der Waals surface area contributed by atoms with E-state index < -0.39 is 22.0 Å². The first-order chi connectivity index (χ1) is 16.3. The number of sulfonamides is 1. The molecule has 2 aromatic carbocycles. The average molecular weight is 502 g/mol. The lowest BCUT2D eigenvalue weighted by Gasteiger charge is -2.33. The molecule has 1 N–H and O–H groups in total. The van der Waals surface area contributed by atoms with Crippen molar-refractivity contribution in [2.75, 3.05) is 23.7 Å². The SMILES string of the molecule is CC[C@@H](C(=O)NCC(C)C)N(Cc1ccccc1C)C(=O)CN(c1ccc(C)cc1C)S(C)(=O)=O. The number of hydrogen-bond donors (Lipinski definition) is 1. The molecular formula is C27H39N3O4S. The molecule has 35 heavy (non-hydrogen) atoms. The lowest BCUT2D eigenvalue weighted by molar-refractivity contribution is -0.140. The Hall–Kier alpha value is -2.87. The molecule has 0 saturated heterocycles. The minimum absolute atomic E-state index is 0.212. The molecule has 8 heteroatoms. The van der Waals surface area contributed by atoms with Crippen molar-refractivity contribution in [3.63, 3.8) is 0 Å². The topological polar surface area (TPSA) is 86.8 Å². The van der Waals surface area contributed by atoms with Gasteiger partial charge in [0.1, 0.15) is 12.6 Å². The summed E-state index contributed by atoms with van der Waals surface area (Å²) in [6.07, 6.45) is 1.50. The van der Waals surface area contributed by atoms with E-state index in [9.17, 15) is 18.0 Å². The molecule has 0 aliphatic carbocycles. The Morgan fingerprint density at radius 2 is 1.66 bits per heavy atom. The van der Waals surface area contributed by atoms with Crippen LogP contribution >= 0.6 is 0 Å². The van der Waals surface area contributed by atoms with Crippen LogP contribution in [0.15, 0.2) is 42.5 Å². The normalized spacial score (nSPS) is 12.3. The number of amides is 2. The van der Waals surface area contributed by atoms with Gasteiger partial charge >= 0.3 is 0 Å². The second-order valence-corrected chi connectivity index (χ2v) is 11.5. The van der Waals surface area contributed by atoms with Crippen LogP contribution in [0.25, 0.3) is 0 Å². The summed E-state index contributed by atoms with van der Waals surface area (Å²) in [5.74, 6) is -0.395. The second-order valence-electron chi connectivity index (χ2n) is 9.57. The van der Waals surface area contributed by atoms with Gasteiger partial charge < -0.3 is 10.2 Å². The maximum absolute atomic E-state index is 13.8. The fourth-order valence-electron chi connectivity index (χ4n) is 3.99. The molecule has 0 fully saturated rings. The molecule has 0 radical (unpaired) electrons. The van der Waals surface area contributed by atoms with E-state index in [1.54, 1.807) is 6.07 Å². The Balaban J connectivity index is 2.47. The van der Waals surface area contributed by atoms with Gasteiger partial charge in [-0.3, -0.25) is 13.9 Å². The van der Waals surface area contributed by atoms with Gasteiger partial charge in [0, 0.05) is 13.1 Å². The fourth-order valence-corrected chi connectivity index (χ4v) is 4.90. The number of carbonyl (C=O) groups is 2. The number of anilines is 1. The summed E-state index contributed by atoms with van der Waals surface area (Å²) >= 11 is 0. The zero-order chi connectivity index (χ0) is 26.3. The van der Waals surface area contributed by atoms with Gasteiger partial charge in [-0.25, -0.2) is 8.42 Å². The lowest BCUT2D eigenvalue weighted by atomic mass is 10.1. The lowest BCUT2D eigenvalue weighted by Crippen LogP contribution is -2.52. The third kappa shape index (κ3) is 7.82. The van der Waals surface area contributed by atoms with E-state index in [0.29, 0.717) is 18.7 Å². The van der Waals surface area contributed by atoms with E-state index >= 15 is 0 Å². The summed E-state index contributed by atoms with van der Waals surface area (Å²) in [6, 6.07) is 12.4. The van der Waals surface area contributed by atoms with E-state index in [1.165, 1.54) is 4.90 Å². The molecule has 7 nitrogen and oxygen atoms in total. The molecule has 0 saturated carbocycles. The van der Waals surface area contributed by atoms with Crippen molar-refractivity contribution in [3.8, 4) is 0 Å². The molecule has 0 bridgehead atoms. The van der Waals surface area contributed by atoms with Crippen LogP contribution in [-0.2, 0) is 26.2 Å². The first-order valence-electron chi connectivity index (χ1n) is 12.0. The van der Waals surface area contributed by atoms with Crippen molar-refractivity contribution in [3.05, 3.63) is 64.7 Å². The first-order valence-corrected chi connectivity index (χ1v) is 13.9. The van der Waals surface area contributed by atoms with Gasteiger partial charge in [-0.15, -0.1) is 0 Å². The van der Waals surface area contributed by atoms with Crippen LogP contribution in [-0.4, -0.2) is 50.5 Å². The predicted molar refractivity (Wildman–Crippen MR) is 142 cm³/mol. The second kappa shape index (κ2) is 12.2. The van der Waals surface area contributed by atoms with Crippen LogP contribution in [0.5, 0.6) is 0 Å². The highest BCUT2D eigenvalue weighted by Gasteiger charge is 2.32. The van der Waals surface area contributed by atoms with Crippen LogP contribution in [0.1, 0.15) is 49.4 Å². The van der Waals surface area contributed by atoms with Crippen molar-refractivity contribution in [2.45, 2.75) is 60.5 Å². The Morgan fingerprint density at radius 3 is 2.20 bits per heavy atom. The molecule has 1 atom stereocenters. The van der Waals surface area contributed by atoms with E-state index in [1.807, 2.05) is 77.9 Å². The van der Waals surface area contributed by atoms with Crippen LogP contribution in [0.3, 0.4) is 0 Å². The van der Waals surface area contributed by atoms with Crippen molar-refractivity contribution < 1.29 is 18.0 Å². The van der Waals surface area contributed by atoms with Gasteiger partial charge in [0.05, 0.1) is 11.9 Å². The molecule has 2 amide bonds. The van der Waals surface area contributed by atoms with Gasteiger partial charge in [-0.1, -0.05) is 62.7 Å². The monoisotopic (exact) mass is 501 g/mol. The molecule has 0 aromatic heterocycles. The third-order valence-electron chi connectivity index (χ3n) is 5.97. The number of nitrogens with one attached hydrogen (secondary N) is 1. The quantitative estimate of drug-likeness (QED) is 0.505. The smallest absolute Gasteiger partial charge is 0.244 e. The van der Waals surface area contributed by atoms with Gasteiger partial charge in [0.2, 0.25) is 21.8 Å². The summed E-state index contributed by atoms with van der Waals surface area (Å²) in [7, 11) is -3.75. The van der Waals surface area contributed by atoms with Gasteiger partial charge in [-0.05, 0) is 55.9 Å². The number of benzene rings is 2. The van der Waals surface area contributed by atoms with Gasteiger partial charge in [-0.2, -0.15) is 0 Å². The minimum atomic E-state index is -3.75. The van der Waals surface area contributed by atoms with Crippen LogP contribution in [0.2, 0.25) is 0 Å². The fraction of sp³-hybridized carbons (Fsp3) is 0.481. The summed E-state index contributed by atoms with van der Waals surface area (Å²) in [4.78, 5) is 28.4. The van der Waals surface area contributed by atoms with E-state index in [4.69, 9.17) is 0 Å². The van der Waals surface area contributed by atoms with E-state index in [2.05, 4.69) is 5.32 Å². The van der Waals surface area contributed by atoms with Crippen LogP contribution in [0, 0.1) is 26.7 Å². The number of carbonyl (C=O) groups excluding carboxylic acids is 2. The predicted octanol–water partition coefficient (Wildman–Crippen LogP) is 3.96. The molecule has 2 aromatic rings. The minimum Gasteiger partial charge on any atom is -0.354 e. The Labute approximate surface area is 210 Å². The summed E-state index contributed by atoms with van der Waals surface area (Å²) < 4.78 is 26.7. The Morgan fingerprint density at radius 1 is 1.00 bits per heavy atom. The van der Waals surface area contributed by atoms with Crippen molar-refractivity contribution in [1.82, 2.24) is 10.2 Å². The molecule has 0 unspecified atom stereocenters. The first kappa shape index (κ1) is 28.4. The van der Waals surface area contributed by atoms with Crippen LogP contribution < -0.4 is 9.62 Å². The maximum Gasteiger partial charge on any atom is 0.244 e. The van der Waals surface area contributed by atoms with E-state index in [-0.39, 0.29) is 24.9 Å². The van der Waals surface area contributed by atoms with Crippen molar-refractivity contribution >= 4 is 27.5 Å². The van der Waals surface area contributed by atoms with Crippen molar-refractivity contribution in [2.24, 2.45) is 5.92 Å². The summed E-state index contributed by atoms with van der Waals surface area (Å²) in [6.45, 7) is 11.9. The molecule has 0 aliphatic heterocycles. The Kier molecular flexibility index (Phi) is 9.89. The number of hydrogen-bond acceptors (Lipinski definition) is 4. The highest BCUT2D eigenvalue weighted by molar-refractivity contribution is 7.92. The molecule has 2 rings (SSSR count). The number of rotatable bonds is 11. The third-order valence-corrected chi connectivity index (χ3v) is 7.10. The number of nitrogens with zero attached hydrogens (tertiary/aromatic N) is 2. The molecule has 192 valence electrons. The van der Waals surface area contributed by atoms with E-state index in [0.717, 1.165) is 32.8 Å². The highest BCUT2D eigenvalue weighted by Crippen LogP contribution is 2.24. The molecule has 0 aliphatic rings. The van der Waals surface area contributed by atoms with Crippen LogP contribution in [0.4, 0.5) is 5.69 Å². The molecule has 0 spiro atoms. The van der Waals surface area contributed by atoms with Crippen molar-refractivity contribution in [1.29, 1.82) is 0 Å². The Bertz CT molecular complexity index is 1140. The molecular weight excluding hydrogens is 462 g/mol. The standard InChI is InChI=1S/C27H39N3O4S/c1-8-24(27(32)28-16-19(2)3)29(17-23-12-10-9-11-21(23)5)26(31)18-30(35(7,33)34)25-14-13-20(4)15-22(25)6/h9-15,19,24H,8,16-18H2,1-7H3,(H,28,32)/t24-/m0/s1.